The Morgan fingerprint density at radius 2 is 1.96 bits per heavy atom. The molecule has 28 heavy (non-hydrogen) atoms. The number of alkyl halides is 3. The SMILES string of the molecule is CCNC(=NCc1ccccc1F)NCCC(O)(c1nccn1C)C(F)(F)F. The summed E-state index contributed by atoms with van der Waals surface area (Å²) >= 11 is 0. The van der Waals surface area contributed by atoms with Crippen molar-refractivity contribution in [2.24, 2.45) is 12.0 Å². The summed E-state index contributed by atoms with van der Waals surface area (Å²) in [6.45, 7) is 2.04. The molecule has 154 valence electrons. The fourth-order valence-corrected chi connectivity index (χ4v) is 2.64. The average Bonchev–Trinajstić information content (AvgIpc) is 3.06. The van der Waals surface area contributed by atoms with Crippen LogP contribution in [0.2, 0.25) is 0 Å². The molecule has 0 saturated heterocycles. The number of aliphatic imine (C=N–C) groups is 1. The highest BCUT2D eigenvalue weighted by Crippen LogP contribution is 2.40. The first-order valence-electron chi connectivity index (χ1n) is 8.71. The molecule has 0 bridgehead atoms. The number of hydrogen-bond donors (Lipinski definition) is 3. The summed E-state index contributed by atoms with van der Waals surface area (Å²) in [6, 6.07) is 6.11. The van der Waals surface area contributed by atoms with E-state index in [2.05, 4.69) is 20.6 Å². The Balaban J connectivity index is 2.09. The third-order valence-electron chi connectivity index (χ3n) is 4.15. The van der Waals surface area contributed by atoms with Crippen LogP contribution in [0.4, 0.5) is 17.6 Å². The molecule has 0 aliphatic rings. The fourth-order valence-electron chi connectivity index (χ4n) is 2.64. The maximum atomic E-state index is 13.7. The van der Waals surface area contributed by atoms with Gasteiger partial charge in [-0.05, 0) is 13.0 Å². The van der Waals surface area contributed by atoms with E-state index in [1.807, 2.05) is 0 Å². The van der Waals surface area contributed by atoms with Crippen molar-refractivity contribution in [3.8, 4) is 0 Å². The highest BCUT2D eigenvalue weighted by Gasteiger charge is 2.57. The Morgan fingerprint density at radius 1 is 1.25 bits per heavy atom. The lowest BCUT2D eigenvalue weighted by Crippen LogP contribution is -2.47. The molecule has 0 saturated carbocycles. The Kier molecular flexibility index (Phi) is 7.00. The first-order valence-corrected chi connectivity index (χ1v) is 8.71. The van der Waals surface area contributed by atoms with E-state index >= 15 is 0 Å². The minimum absolute atomic E-state index is 0.0188. The summed E-state index contributed by atoms with van der Waals surface area (Å²) in [7, 11) is 1.38. The van der Waals surface area contributed by atoms with E-state index in [-0.39, 0.29) is 19.0 Å². The van der Waals surface area contributed by atoms with E-state index in [0.717, 1.165) is 4.57 Å². The summed E-state index contributed by atoms with van der Waals surface area (Å²) in [5, 5.41) is 15.9. The van der Waals surface area contributed by atoms with Gasteiger partial charge in [-0.1, -0.05) is 18.2 Å². The van der Waals surface area contributed by atoms with Crippen molar-refractivity contribution >= 4 is 5.96 Å². The molecule has 1 heterocycles. The predicted molar refractivity (Wildman–Crippen MR) is 97.0 cm³/mol. The number of hydrogen-bond acceptors (Lipinski definition) is 3. The smallest absolute Gasteiger partial charge is 0.374 e. The van der Waals surface area contributed by atoms with Crippen molar-refractivity contribution in [1.29, 1.82) is 0 Å². The molecule has 2 rings (SSSR count). The van der Waals surface area contributed by atoms with Gasteiger partial charge in [0.25, 0.3) is 0 Å². The van der Waals surface area contributed by atoms with E-state index in [9.17, 15) is 22.7 Å². The second kappa shape index (κ2) is 9.05. The second-order valence-electron chi connectivity index (χ2n) is 6.18. The lowest BCUT2D eigenvalue weighted by molar-refractivity contribution is -0.272. The molecule has 2 aromatic rings. The zero-order chi connectivity index (χ0) is 20.8. The molecule has 0 spiro atoms. The van der Waals surface area contributed by atoms with E-state index in [1.165, 1.54) is 25.5 Å². The molecule has 1 aromatic heterocycles. The Morgan fingerprint density at radius 3 is 2.54 bits per heavy atom. The molecule has 6 nitrogen and oxygen atoms in total. The monoisotopic (exact) mass is 401 g/mol. The van der Waals surface area contributed by atoms with Gasteiger partial charge in [0.15, 0.2) is 5.96 Å². The first-order chi connectivity index (χ1) is 13.2. The number of rotatable bonds is 7. The minimum atomic E-state index is -4.91. The Hall–Kier alpha value is -2.62. The molecule has 0 aliphatic heterocycles. The molecular weight excluding hydrogens is 378 g/mol. The number of halogens is 4. The van der Waals surface area contributed by atoms with Crippen molar-refractivity contribution in [3.63, 3.8) is 0 Å². The van der Waals surface area contributed by atoms with Crippen molar-refractivity contribution < 1.29 is 22.7 Å². The van der Waals surface area contributed by atoms with Gasteiger partial charge in [-0.2, -0.15) is 13.2 Å². The average molecular weight is 401 g/mol. The highest BCUT2D eigenvalue weighted by atomic mass is 19.4. The van der Waals surface area contributed by atoms with Gasteiger partial charge in [0.05, 0.1) is 6.54 Å². The number of nitrogens with zero attached hydrogens (tertiary/aromatic N) is 3. The molecule has 1 aromatic carbocycles. The second-order valence-corrected chi connectivity index (χ2v) is 6.18. The fraction of sp³-hybridized carbons (Fsp3) is 0.444. The third kappa shape index (κ3) is 5.00. The minimum Gasteiger partial charge on any atom is -0.374 e. The molecule has 1 atom stereocenters. The Labute approximate surface area is 160 Å². The van der Waals surface area contributed by atoms with Crippen LogP contribution in [0.25, 0.3) is 0 Å². The van der Waals surface area contributed by atoms with Crippen molar-refractivity contribution in [2.45, 2.75) is 31.7 Å². The standard InChI is InChI=1S/C18H23F4N5O/c1-3-23-16(26-12-13-6-4-5-7-14(13)19)25-9-8-17(28,18(20,21)22)15-24-10-11-27(15)2/h4-7,10-11,28H,3,8-9,12H2,1-2H3,(H2,23,25,26). The van der Waals surface area contributed by atoms with Crippen LogP contribution < -0.4 is 10.6 Å². The van der Waals surface area contributed by atoms with Gasteiger partial charge in [-0.3, -0.25) is 0 Å². The predicted octanol–water partition coefficient (Wildman–Crippen LogP) is 2.45. The molecule has 0 radical (unpaired) electrons. The first kappa shape index (κ1) is 21.7. The largest absolute Gasteiger partial charge is 0.424 e. The topological polar surface area (TPSA) is 74.5 Å². The van der Waals surface area contributed by atoms with Crippen LogP contribution >= 0.6 is 0 Å². The number of nitrogens with one attached hydrogen (secondary N) is 2. The number of aromatic nitrogens is 2. The summed E-state index contributed by atoms with van der Waals surface area (Å²) in [5.41, 5.74) is -2.75. The van der Waals surface area contributed by atoms with E-state index in [4.69, 9.17) is 0 Å². The van der Waals surface area contributed by atoms with Crippen LogP contribution in [-0.2, 0) is 19.2 Å². The molecule has 0 fully saturated rings. The van der Waals surface area contributed by atoms with Gasteiger partial charge in [-0.25, -0.2) is 14.4 Å². The lowest BCUT2D eigenvalue weighted by Gasteiger charge is -2.30. The molecule has 10 heteroatoms. The van der Waals surface area contributed by atoms with Crippen LogP contribution in [0.15, 0.2) is 41.7 Å². The summed E-state index contributed by atoms with van der Waals surface area (Å²) in [6.07, 6.45) is -3.05. The van der Waals surface area contributed by atoms with Crippen LogP contribution in [-0.4, -0.2) is 39.9 Å². The van der Waals surface area contributed by atoms with E-state index in [1.54, 1.807) is 25.1 Å². The van der Waals surface area contributed by atoms with Gasteiger partial charge in [0.1, 0.15) is 11.6 Å². The van der Waals surface area contributed by atoms with Crippen LogP contribution in [0.5, 0.6) is 0 Å². The Bertz CT molecular complexity index is 805. The summed E-state index contributed by atoms with van der Waals surface area (Å²) < 4.78 is 55.4. The van der Waals surface area contributed by atoms with Gasteiger partial charge in [-0.15, -0.1) is 0 Å². The molecular formula is C18H23F4N5O. The van der Waals surface area contributed by atoms with Gasteiger partial charge in [0.2, 0.25) is 5.60 Å². The van der Waals surface area contributed by atoms with E-state index in [0.29, 0.717) is 12.1 Å². The van der Waals surface area contributed by atoms with E-state index < -0.39 is 29.8 Å². The van der Waals surface area contributed by atoms with Crippen LogP contribution in [0.1, 0.15) is 24.7 Å². The van der Waals surface area contributed by atoms with Gasteiger partial charge >= 0.3 is 6.18 Å². The van der Waals surface area contributed by atoms with Crippen molar-refractivity contribution in [3.05, 3.63) is 53.9 Å². The normalized spacial score (nSPS) is 14.6. The number of imidazole rings is 1. The third-order valence-corrected chi connectivity index (χ3v) is 4.15. The number of aryl methyl sites for hydroxylation is 1. The zero-order valence-electron chi connectivity index (χ0n) is 15.6. The van der Waals surface area contributed by atoms with Crippen molar-refractivity contribution in [1.82, 2.24) is 20.2 Å². The maximum absolute atomic E-state index is 13.7. The van der Waals surface area contributed by atoms with Crippen LogP contribution in [0.3, 0.4) is 0 Å². The van der Waals surface area contributed by atoms with Crippen LogP contribution in [0, 0.1) is 5.82 Å². The maximum Gasteiger partial charge on any atom is 0.424 e. The van der Waals surface area contributed by atoms with Gasteiger partial charge in [0, 0.05) is 44.5 Å². The van der Waals surface area contributed by atoms with Crippen molar-refractivity contribution in [2.75, 3.05) is 13.1 Å². The number of benzene rings is 1. The summed E-state index contributed by atoms with van der Waals surface area (Å²) in [4.78, 5) is 7.83. The highest BCUT2D eigenvalue weighted by molar-refractivity contribution is 5.79. The number of aliphatic hydroxyl groups is 1. The summed E-state index contributed by atoms with van der Waals surface area (Å²) in [5.74, 6) is -0.687. The zero-order valence-corrected chi connectivity index (χ0v) is 15.6. The molecule has 1 unspecified atom stereocenters. The molecule has 0 amide bonds. The molecule has 3 N–H and O–H groups in total. The quantitative estimate of drug-likeness (QED) is 0.379. The lowest BCUT2D eigenvalue weighted by atomic mass is 9.97. The van der Waals surface area contributed by atoms with Gasteiger partial charge < -0.3 is 20.3 Å². The molecule has 0 aliphatic carbocycles. The number of guanidine groups is 1.